The van der Waals surface area contributed by atoms with Crippen LogP contribution in [0.1, 0.15) is 25.0 Å². The van der Waals surface area contributed by atoms with Crippen molar-refractivity contribution in [3.63, 3.8) is 0 Å². The molecule has 2 aromatic rings. The third kappa shape index (κ3) is 2.86. The molecule has 0 radical (unpaired) electrons. The molecule has 0 fully saturated rings. The molecule has 2 rings (SSSR count). The molecule has 0 aliphatic heterocycles. The largest absolute Gasteiger partial charge is 0.330 e. The highest BCUT2D eigenvalue weighted by Crippen LogP contribution is 2.28. The summed E-state index contributed by atoms with van der Waals surface area (Å²) in [6.07, 6.45) is 1.03. The molecule has 1 atom stereocenters. The molecule has 1 aromatic carbocycles. The maximum Gasteiger partial charge on any atom is 0.123 e. The number of rotatable bonds is 4. The Labute approximate surface area is 110 Å². The summed E-state index contributed by atoms with van der Waals surface area (Å²) < 4.78 is 0. The maximum atomic E-state index is 5.87. The van der Waals surface area contributed by atoms with Gasteiger partial charge in [-0.15, -0.1) is 11.3 Å². The van der Waals surface area contributed by atoms with Gasteiger partial charge in [0.05, 0.1) is 5.69 Å². The van der Waals surface area contributed by atoms with Gasteiger partial charge in [0.15, 0.2) is 0 Å². The SMILES string of the molecule is CCC(CN)c1csc(-c2ccc(Cl)cc2)n1. The van der Waals surface area contributed by atoms with Crippen LogP contribution in [-0.2, 0) is 0 Å². The summed E-state index contributed by atoms with van der Waals surface area (Å²) >= 11 is 7.52. The topological polar surface area (TPSA) is 38.9 Å². The highest BCUT2D eigenvalue weighted by molar-refractivity contribution is 7.13. The fourth-order valence-electron chi connectivity index (χ4n) is 1.70. The molecule has 0 aliphatic rings. The Balaban J connectivity index is 2.26. The minimum Gasteiger partial charge on any atom is -0.330 e. The number of thiazole rings is 1. The van der Waals surface area contributed by atoms with Crippen LogP contribution in [0.5, 0.6) is 0 Å². The van der Waals surface area contributed by atoms with Crippen molar-refractivity contribution in [1.29, 1.82) is 0 Å². The molecule has 1 aromatic heterocycles. The predicted molar refractivity (Wildman–Crippen MR) is 74.6 cm³/mol. The molecule has 0 bridgehead atoms. The summed E-state index contributed by atoms with van der Waals surface area (Å²) in [5.41, 5.74) is 7.94. The van der Waals surface area contributed by atoms with Gasteiger partial charge in [-0.2, -0.15) is 0 Å². The number of nitrogens with zero attached hydrogens (tertiary/aromatic N) is 1. The predicted octanol–water partition coefficient (Wildman–Crippen LogP) is 3.92. The normalized spacial score (nSPS) is 12.6. The molecule has 0 aliphatic carbocycles. The van der Waals surface area contributed by atoms with Crippen LogP contribution < -0.4 is 5.73 Å². The van der Waals surface area contributed by atoms with Crippen LogP contribution in [0.25, 0.3) is 10.6 Å². The van der Waals surface area contributed by atoms with Gasteiger partial charge >= 0.3 is 0 Å². The van der Waals surface area contributed by atoms with Crippen LogP contribution in [0.15, 0.2) is 29.6 Å². The van der Waals surface area contributed by atoms with Gasteiger partial charge in [0.2, 0.25) is 0 Å². The van der Waals surface area contributed by atoms with E-state index in [1.807, 2.05) is 24.3 Å². The first-order valence-corrected chi connectivity index (χ1v) is 6.91. The number of halogens is 1. The van der Waals surface area contributed by atoms with Gasteiger partial charge in [-0.25, -0.2) is 4.98 Å². The lowest BCUT2D eigenvalue weighted by atomic mass is 10.0. The quantitative estimate of drug-likeness (QED) is 0.911. The third-order valence-electron chi connectivity index (χ3n) is 2.81. The summed E-state index contributed by atoms with van der Waals surface area (Å²) in [7, 11) is 0. The minimum atomic E-state index is 0.368. The van der Waals surface area contributed by atoms with E-state index in [1.54, 1.807) is 11.3 Å². The van der Waals surface area contributed by atoms with Gasteiger partial charge in [-0.3, -0.25) is 0 Å². The zero-order valence-corrected chi connectivity index (χ0v) is 11.3. The lowest BCUT2D eigenvalue weighted by Gasteiger charge is -2.07. The van der Waals surface area contributed by atoms with Crippen molar-refractivity contribution in [2.24, 2.45) is 5.73 Å². The molecule has 2 nitrogen and oxygen atoms in total. The van der Waals surface area contributed by atoms with Crippen molar-refractivity contribution in [1.82, 2.24) is 4.98 Å². The first kappa shape index (κ1) is 12.6. The van der Waals surface area contributed by atoms with Gasteiger partial charge < -0.3 is 5.73 Å². The van der Waals surface area contributed by atoms with Gasteiger partial charge in [-0.1, -0.05) is 30.7 Å². The van der Waals surface area contributed by atoms with Crippen molar-refractivity contribution < 1.29 is 0 Å². The van der Waals surface area contributed by atoms with Crippen LogP contribution in [-0.4, -0.2) is 11.5 Å². The highest BCUT2D eigenvalue weighted by atomic mass is 35.5. The first-order valence-electron chi connectivity index (χ1n) is 5.66. The van der Waals surface area contributed by atoms with E-state index in [1.165, 1.54) is 0 Å². The van der Waals surface area contributed by atoms with Crippen molar-refractivity contribution >= 4 is 22.9 Å². The monoisotopic (exact) mass is 266 g/mol. The molecule has 4 heteroatoms. The summed E-state index contributed by atoms with van der Waals surface area (Å²) in [6.45, 7) is 2.79. The molecule has 2 N–H and O–H groups in total. The number of hydrogen-bond donors (Lipinski definition) is 1. The Morgan fingerprint density at radius 2 is 2.06 bits per heavy atom. The maximum absolute atomic E-state index is 5.87. The van der Waals surface area contributed by atoms with E-state index >= 15 is 0 Å². The Bertz CT molecular complexity index is 474. The van der Waals surface area contributed by atoms with Crippen LogP contribution in [0.3, 0.4) is 0 Å². The van der Waals surface area contributed by atoms with E-state index in [2.05, 4.69) is 17.3 Å². The van der Waals surface area contributed by atoms with E-state index in [-0.39, 0.29) is 0 Å². The second-order valence-electron chi connectivity index (χ2n) is 3.93. The Kier molecular flexibility index (Phi) is 4.15. The Morgan fingerprint density at radius 3 is 2.65 bits per heavy atom. The number of benzene rings is 1. The average Bonchev–Trinajstić information content (AvgIpc) is 2.81. The standard InChI is InChI=1S/C13H15ClN2S/c1-2-9(7-15)12-8-17-13(16-12)10-3-5-11(14)6-4-10/h3-6,8-9H,2,7,15H2,1H3. The zero-order valence-electron chi connectivity index (χ0n) is 9.69. The molecule has 0 spiro atoms. The molecule has 1 heterocycles. The van der Waals surface area contributed by atoms with E-state index in [9.17, 15) is 0 Å². The average molecular weight is 267 g/mol. The highest BCUT2D eigenvalue weighted by Gasteiger charge is 2.12. The molecule has 1 unspecified atom stereocenters. The second kappa shape index (κ2) is 5.63. The lowest BCUT2D eigenvalue weighted by Crippen LogP contribution is -2.11. The molecular formula is C13H15ClN2S. The van der Waals surface area contributed by atoms with Crippen LogP contribution in [0.2, 0.25) is 5.02 Å². The molecule has 0 saturated heterocycles. The molecule has 0 saturated carbocycles. The summed E-state index contributed by atoms with van der Waals surface area (Å²) in [4.78, 5) is 4.65. The summed E-state index contributed by atoms with van der Waals surface area (Å²) in [5.74, 6) is 0.368. The van der Waals surface area contributed by atoms with Crippen molar-refractivity contribution in [3.8, 4) is 10.6 Å². The minimum absolute atomic E-state index is 0.368. The fourth-order valence-corrected chi connectivity index (χ4v) is 2.73. The third-order valence-corrected chi connectivity index (χ3v) is 3.97. The first-order chi connectivity index (χ1) is 8.24. The molecular weight excluding hydrogens is 252 g/mol. The van der Waals surface area contributed by atoms with Gasteiger partial charge in [0, 0.05) is 28.4 Å². The number of nitrogens with two attached hydrogens (primary N) is 1. The van der Waals surface area contributed by atoms with Gasteiger partial charge in [-0.05, 0) is 18.6 Å². The zero-order chi connectivity index (χ0) is 12.3. The Hall–Kier alpha value is -0.900. The number of aromatic nitrogens is 1. The van der Waals surface area contributed by atoms with E-state index in [0.717, 1.165) is 27.7 Å². The van der Waals surface area contributed by atoms with E-state index in [4.69, 9.17) is 17.3 Å². The molecule has 17 heavy (non-hydrogen) atoms. The van der Waals surface area contributed by atoms with E-state index < -0.39 is 0 Å². The molecule has 0 amide bonds. The number of hydrogen-bond acceptors (Lipinski definition) is 3. The summed E-state index contributed by atoms with van der Waals surface area (Å²) in [6, 6.07) is 7.76. The van der Waals surface area contributed by atoms with Crippen LogP contribution >= 0.6 is 22.9 Å². The van der Waals surface area contributed by atoms with Crippen molar-refractivity contribution in [2.45, 2.75) is 19.3 Å². The van der Waals surface area contributed by atoms with Gasteiger partial charge in [0.1, 0.15) is 5.01 Å². The molecule has 90 valence electrons. The second-order valence-corrected chi connectivity index (χ2v) is 5.22. The lowest BCUT2D eigenvalue weighted by molar-refractivity contribution is 0.659. The van der Waals surface area contributed by atoms with E-state index in [0.29, 0.717) is 12.5 Å². The van der Waals surface area contributed by atoms with Crippen LogP contribution in [0, 0.1) is 0 Å². The smallest absolute Gasteiger partial charge is 0.123 e. The fraction of sp³-hybridized carbons (Fsp3) is 0.308. The van der Waals surface area contributed by atoms with Gasteiger partial charge in [0.25, 0.3) is 0 Å². The van der Waals surface area contributed by atoms with Crippen LogP contribution in [0.4, 0.5) is 0 Å². The Morgan fingerprint density at radius 1 is 1.35 bits per heavy atom. The summed E-state index contributed by atoms with van der Waals surface area (Å²) in [5, 5.41) is 3.88. The van der Waals surface area contributed by atoms with Crippen molar-refractivity contribution in [3.05, 3.63) is 40.4 Å². The van der Waals surface area contributed by atoms with Crippen molar-refractivity contribution in [2.75, 3.05) is 6.54 Å².